The summed E-state index contributed by atoms with van der Waals surface area (Å²) in [5, 5.41) is 10.0. The summed E-state index contributed by atoms with van der Waals surface area (Å²) in [6.07, 6.45) is 1.10. The van der Waals surface area contributed by atoms with E-state index in [4.69, 9.17) is 4.74 Å². The fourth-order valence-corrected chi connectivity index (χ4v) is 1.99. The van der Waals surface area contributed by atoms with Crippen LogP contribution in [-0.2, 0) is 6.54 Å². The molecule has 0 aliphatic heterocycles. The highest BCUT2D eigenvalue weighted by atomic mass is 16.5. The van der Waals surface area contributed by atoms with Gasteiger partial charge in [-0.3, -0.25) is 4.79 Å². The van der Waals surface area contributed by atoms with E-state index in [-0.39, 0.29) is 12.4 Å². The van der Waals surface area contributed by atoms with E-state index in [0.29, 0.717) is 17.9 Å². The quantitative estimate of drug-likeness (QED) is 0.827. The number of hydrogen-bond acceptors (Lipinski definition) is 4. The van der Waals surface area contributed by atoms with Gasteiger partial charge in [-0.05, 0) is 45.0 Å². The number of ketones is 1. The summed E-state index contributed by atoms with van der Waals surface area (Å²) in [5.74, 6) is 0.658. The minimum absolute atomic E-state index is 0.0209. The van der Waals surface area contributed by atoms with Crippen LogP contribution in [0.5, 0.6) is 5.75 Å². The van der Waals surface area contributed by atoms with Gasteiger partial charge in [0.05, 0.1) is 18.6 Å². The van der Waals surface area contributed by atoms with E-state index in [2.05, 4.69) is 4.98 Å². The second-order valence-corrected chi connectivity index (χ2v) is 5.11. The van der Waals surface area contributed by atoms with Gasteiger partial charge in [-0.25, -0.2) is 4.98 Å². The summed E-state index contributed by atoms with van der Waals surface area (Å²) in [7, 11) is 0. The van der Waals surface area contributed by atoms with Crippen LogP contribution in [0.4, 0.5) is 0 Å². The molecule has 1 unspecified atom stereocenters. The van der Waals surface area contributed by atoms with Crippen LogP contribution < -0.4 is 4.74 Å². The topological polar surface area (TPSA) is 64.3 Å². The van der Waals surface area contributed by atoms with E-state index in [9.17, 15) is 9.90 Å². The number of aliphatic hydroxyl groups is 1. The van der Waals surface area contributed by atoms with Gasteiger partial charge in [-0.1, -0.05) is 0 Å². The Hall–Kier alpha value is -2.14. The summed E-state index contributed by atoms with van der Waals surface area (Å²) < 4.78 is 7.43. The van der Waals surface area contributed by atoms with Gasteiger partial charge < -0.3 is 14.4 Å². The molecule has 5 nitrogen and oxygen atoms in total. The number of aliphatic hydroxyl groups excluding tert-OH is 1. The Morgan fingerprint density at radius 3 is 2.52 bits per heavy atom. The minimum atomic E-state index is -0.621. The van der Waals surface area contributed by atoms with E-state index in [1.54, 1.807) is 30.6 Å². The predicted octanol–water partition coefficient (Wildman–Crippen LogP) is 2.14. The Kier molecular flexibility index (Phi) is 4.75. The highest BCUT2D eigenvalue weighted by molar-refractivity contribution is 5.94. The second kappa shape index (κ2) is 6.54. The number of carbonyl (C=O) groups excluding carboxylic acids is 1. The molecule has 0 bridgehead atoms. The van der Waals surface area contributed by atoms with Crippen LogP contribution >= 0.6 is 0 Å². The molecule has 0 spiro atoms. The van der Waals surface area contributed by atoms with Crippen LogP contribution in [0.1, 0.15) is 28.7 Å². The first-order valence-electron chi connectivity index (χ1n) is 6.87. The molecule has 0 saturated carbocycles. The van der Waals surface area contributed by atoms with Gasteiger partial charge in [0.2, 0.25) is 0 Å². The lowest BCUT2D eigenvalue weighted by molar-refractivity contribution is 0.0919. The van der Waals surface area contributed by atoms with Crippen LogP contribution in [0.15, 0.2) is 30.6 Å². The molecule has 1 aromatic heterocycles. The fourth-order valence-electron chi connectivity index (χ4n) is 1.99. The van der Waals surface area contributed by atoms with Crippen molar-refractivity contribution in [1.29, 1.82) is 0 Å². The third kappa shape index (κ3) is 3.92. The fraction of sp³-hybridized carbons (Fsp3) is 0.375. The first-order valence-corrected chi connectivity index (χ1v) is 6.87. The Balaban J connectivity index is 1.87. The van der Waals surface area contributed by atoms with E-state index in [1.807, 2.05) is 18.4 Å². The van der Waals surface area contributed by atoms with Crippen molar-refractivity contribution in [2.24, 2.45) is 0 Å². The van der Waals surface area contributed by atoms with E-state index in [0.717, 1.165) is 11.4 Å². The van der Waals surface area contributed by atoms with Gasteiger partial charge >= 0.3 is 0 Å². The lowest BCUT2D eigenvalue weighted by Gasteiger charge is -2.14. The maximum absolute atomic E-state index is 11.2. The van der Waals surface area contributed by atoms with E-state index in [1.165, 1.54) is 6.92 Å². The molecule has 112 valence electrons. The van der Waals surface area contributed by atoms with Crippen molar-refractivity contribution in [1.82, 2.24) is 9.55 Å². The molecule has 0 saturated heterocycles. The van der Waals surface area contributed by atoms with Crippen LogP contribution in [0.3, 0.4) is 0 Å². The van der Waals surface area contributed by atoms with Gasteiger partial charge in [-0.2, -0.15) is 0 Å². The molecule has 21 heavy (non-hydrogen) atoms. The van der Waals surface area contributed by atoms with Gasteiger partial charge in [0.1, 0.15) is 18.5 Å². The first-order chi connectivity index (χ1) is 9.97. The third-order valence-corrected chi connectivity index (χ3v) is 3.46. The largest absolute Gasteiger partial charge is 0.491 e. The molecule has 1 atom stereocenters. The summed E-state index contributed by atoms with van der Waals surface area (Å²) in [6.45, 7) is 6.06. The number of ether oxygens (including phenoxy) is 1. The number of carbonyl (C=O) groups is 1. The second-order valence-electron chi connectivity index (χ2n) is 5.11. The first kappa shape index (κ1) is 15.3. The molecular formula is C16H20N2O3. The minimum Gasteiger partial charge on any atom is -0.491 e. The lowest BCUT2D eigenvalue weighted by atomic mass is 10.1. The number of benzene rings is 1. The molecule has 0 fully saturated rings. The number of aromatic nitrogens is 2. The third-order valence-electron chi connectivity index (χ3n) is 3.46. The highest BCUT2D eigenvalue weighted by Crippen LogP contribution is 2.13. The molecule has 5 heteroatoms. The highest BCUT2D eigenvalue weighted by Gasteiger charge is 2.10. The van der Waals surface area contributed by atoms with Crippen LogP contribution in [0.2, 0.25) is 0 Å². The van der Waals surface area contributed by atoms with E-state index >= 15 is 0 Å². The van der Waals surface area contributed by atoms with E-state index < -0.39 is 6.10 Å². The summed E-state index contributed by atoms with van der Waals surface area (Å²) >= 11 is 0. The zero-order valence-corrected chi connectivity index (χ0v) is 12.5. The number of nitrogens with zero attached hydrogens (tertiary/aromatic N) is 2. The van der Waals surface area contributed by atoms with Gasteiger partial charge in [0.15, 0.2) is 5.78 Å². The molecule has 0 amide bonds. The van der Waals surface area contributed by atoms with Crippen molar-refractivity contribution in [3.8, 4) is 5.75 Å². The molecule has 2 rings (SSSR count). The maximum atomic E-state index is 11.2. The molecule has 0 aliphatic rings. The van der Waals surface area contributed by atoms with Crippen molar-refractivity contribution >= 4 is 5.78 Å². The Labute approximate surface area is 124 Å². The molecule has 0 aliphatic carbocycles. The average molecular weight is 288 g/mol. The Morgan fingerprint density at radius 1 is 1.33 bits per heavy atom. The van der Waals surface area contributed by atoms with Crippen LogP contribution in [0.25, 0.3) is 0 Å². The Bertz CT molecular complexity index is 617. The van der Waals surface area contributed by atoms with Crippen molar-refractivity contribution in [3.05, 3.63) is 47.5 Å². The normalized spacial score (nSPS) is 12.2. The van der Waals surface area contributed by atoms with Gasteiger partial charge in [0, 0.05) is 11.3 Å². The number of imidazole rings is 1. The summed E-state index contributed by atoms with van der Waals surface area (Å²) in [5.41, 5.74) is 2.65. The van der Waals surface area contributed by atoms with Crippen molar-refractivity contribution in [2.75, 3.05) is 6.61 Å². The zero-order chi connectivity index (χ0) is 15.4. The summed E-state index contributed by atoms with van der Waals surface area (Å²) in [6, 6.07) is 6.90. The molecule has 2 aromatic rings. The van der Waals surface area contributed by atoms with Crippen LogP contribution in [-0.4, -0.2) is 33.2 Å². The number of rotatable bonds is 6. The molecule has 0 radical (unpaired) electrons. The molecule has 1 aromatic carbocycles. The molecular weight excluding hydrogens is 268 g/mol. The number of aryl methyl sites for hydroxylation is 1. The molecule has 1 N–H and O–H groups in total. The number of Topliss-reactive ketones (excluding diaryl/α,β-unsaturated/α-hetero) is 1. The average Bonchev–Trinajstić information content (AvgIpc) is 2.77. The zero-order valence-electron chi connectivity index (χ0n) is 12.5. The Morgan fingerprint density at radius 2 is 2.00 bits per heavy atom. The monoisotopic (exact) mass is 288 g/mol. The summed E-state index contributed by atoms with van der Waals surface area (Å²) in [4.78, 5) is 15.4. The van der Waals surface area contributed by atoms with Crippen molar-refractivity contribution in [3.63, 3.8) is 0 Å². The van der Waals surface area contributed by atoms with Crippen molar-refractivity contribution < 1.29 is 14.6 Å². The smallest absolute Gasteiger partial charge is 0.159 e. The lowest BCUT2D eigenvalue weighted by Crippen LogP contribution is -2.23. The maximum Gasteiger partial charge on any atom is 0.159 e. The van der Waals surface area contributed by atoms with Gasteiger partial charge in [0.25, 0.3) is 0 Å². The number of hydrogen-bond donors (Lipinski definition) is 1. The van der Waals surface area contributed by atoms with Gasteiger partial charge in [-0.15, -0.1) is 0 Å². The standard InChI is InChI=1S/C16H20N2O3/c1-11-12(2)18(10-17-11)8-15(20)9-21-16-6-4-14(5-7-16)13(3)19/h4-7,10,15,20H,8-9H2,1-3H3. The molecule has 1 heterocycles. The van der Waals surface area contributed by atoms with Crippen LogP contribution in [0, 0.1) is 13.8 Å². The van der Waals surface area contributed by atoms with Crippen molar-refractivity contribution in [2.45, 2.75) is 33.4 Å². The predicted molar refractivity (Wildman–Crippen MR) is 79.6 cm³/mol. The SMILES string of the molecule is CC(=O)c1ccc(OCC(O)Cn2cnc(C)c2C)cc1.